The third-order valence-corrected chi connectivity index (χ3v) is 2.05. The smallest absolute Gasteiger partial charge is 0.222 e. The number of rotatable bonds is 3. The lowest BCUT2D eigenvalue weighted by atomic mass is 10.1. The number of amides is 2. The molecule has 4 heteroatoms. The van der Waals surface area contributed by atoms with Gasteiger partial charge < -0.3 is 10.6 Å². The Morgan fingerprint density at radius 2 is 2.25 bits per heavy atom. The Bertz CT molecular complexity index is 191. The van der Waals surface area contributed by atoms with Crippen LogP contribution in [0.3, 0.4) is 0 Å². The summed E-state index contributed by atoms with van der Waals surface area (Å²) in [4.78, 5) is 23.3. The maximum Gasteiger partial charge on any atom is 0.222 e. The van der Waals surface area contributed by atoms with Gasteiger partial charge in [0.05, 0.1) is 0 Å². The first kappa shape index (κ1) is 9.03. The molecular weight excluding hydrogens is 156 g/mol. The third-order valence-electron chi connectivity index (χ3n) is 2.05. The fourth-order valence-corrected chi connectivity index (χ4v) is 1.34. The molecule has 2 N–H and O–H groups in total. The first-order valence-electron chi connectivity index (χ1n) is 4.26. The van der Waals surface area contributed by atoms with Crippen LogP contribution in [0.2, 0.25) is 0 Å². The lowest BCUT2D eigenvalue weighted by Crippen LogP contribution is -2.37. The van der Waals surface area contributed by atoms with Crippen LogP contribution in [0, 0.1) is 0 Å². The molecule has 0 saturated carbocycles. The number of carbonyl (C=O) groups excluding carboxylic acids is 2. The Morgan fingerprint density at radius 1 is 1.50 bits per heavy atom. The van der Waals surface area contributed by atoms with Gasteiger partial charge in [-0.3, -0.25) is 9.59 Å². The predicted molar refractivity (Wildman–Crippen MR) is 44.2 cm³/mol. The largest absolute Gasteiger partial charge is 0.370 e. The van der Waals surface area contributed by atoms with Crippen molar-refractivity contribution in [3.8, 4) is 0 Å². The fourth-order valence-electron chi connectivity index (χ4n) is 1.34. The number of hydrogen-bond acceptors (Lipinski definition) is 2. The maximum absolute atomic E-state index is 11.2. The molecule has 1 aliphatic rings. The van der Waals surface area contributed by atoms with Crippen LogP contribution < -0.4 is 5.73 Å². The molecule has 0 aromatic rings. The van der Waals surface area contributed by atoms with E-state index >= 15 is 0 Å². The lowest BCUT2D eigenvalue weighted by molar-refractivity contribution is -0.133. The normalized spacial score (nSPS) is 18.0. The van der Waals surface area contributed by atoms with Crippen molar-refractivity contribution in [1.82, 2.24) is 4.90 Å². The highest BCUT2D eigenvalue weighted by molar-refractivity contribution is 5.78. The molecule has 2 amide bonds. The summed E-state index contributed by atoms with van der Waals surface area (Å²) in [5, 5.41) is 0. The Labute approximate surface area is 71.7 Å². The Hall–Kier alpha value is -1.06. The summed E-state index contributed by atoms with van der Waals surface area (Å²) in [5.74, 6) is -0.184. The molecule has 1 saturated heterocycles. The summed E-state index contributed by atoms with van der Waals surface area (Å²) in [5.41, 5.74) is 4.98. The SMILES string of the molecule is NC(=O)CCN1CCCCC1=O. The van der Waals surface area contributed by atoms with Crippen LogP contribution >= 0.6 is 0 Å². The molecule has 0 aromatic heterocycles. The van der Waals surface area contributed by atoms with Crippen molar-refractivity contribution in [2.45, 2.75) is 25.7 Å². The van der Waals surface area contributed by atoms with Gasteiger partial charge >= 0.3 is 0 Å². The van der Waals surface area contributed by atoms with Crippen LogP contribution in [0.25, 0.3) is 0 Å². The lowest BCUT2D eigenvalue weighted by Gasteiger charge is -2.25. The van der Waals surface area contributed by atoms with Gasteiger partial charge in [0.2, 0.25) is 11.8 Å². The summed E-state index contributed by atoms with van der Waals surface area (Å²) in [7, 11) is 0. The van der Waals surface area contributed by atoms with E-state index in [2.05, 4.69) is 0 Å². The highest BCUT2D eigenvalue weighted by Gasteiger charge is 2.17. The van der Waals surface area contributed by atoms with Gasteiger partial charge in [0.15, 0.2) is 0 Å². The molecule has 1 aliphatic heterocycles. The molecule has 1 rings (SSSR count). The molecule has 0 aromatic carbocycles. The monoisotopic (exact) mass is 170 g/mol. The van der Waals surface area contributed by atoms with Gasteiger partial charge in [-0.15, -0.1) is 0 Å². The van der Waals surface area contributed by atoms with Crippen molar-refractivity contribution in [3.63, 3.8) is 0 Å². The van der Waals surface area contributed by atoms with Crippen LogP contribution in [0.1, 0.15) is 25.7 Å². The molecule has 0 unspecified atom stereocenters. The number of hydrogen-bond donors (Lipinski definition) is 1. The van der Waals surface area contributed by atoms with E-state index in [0.29, 0.717) is 13.0 Å². The number of primary amides is 1. The van der Waals surface area contributed by atoms with Crippen LogP contribution in [0.4, 0.5) is 0 Å². The Morgan fingerprint density at radius 3 is 2.83 bits per heavy atom. The second-order valence-electron chi connectivity index (χ2n) is 3.05. The van der Waals surface area contributed by atoms with E-state index in [9.17, 15) is 9.59 Å². The van der Waals surface area contributed by atoms with E-state index in [1.807, 2.05) is 0 Å². The number of nitrogens with zero attached hydrogens (tertiary/aromatic N) is 1. The molecule has 0 aliphatic carbocycles. The molecule has 4 nitrogen and oxygen atoms in total. The van der Waals surface area contributed by atoms with E-state index in [4.69, 9.17) is 5.73 Å². The highest BCUT2D eigenvalue weighted by atomic mass is 16.2. The van der Waals surface area contributed by atoms with Crippen molar-refractivity contribution in [2.24, 2.45) is 5.73 Å². The van der Waals surface area contributed by atoms with Gasteiger partial charge in [-0.1, -0.05) is 0 Å². The predicted octanol–water partition coefficient (Wildman–Crippen LogP) is -0.126. The van der Waals surface area contributed by atoms with Crippen molar-refractivity contribution >= 4 is 11.8 Å². The molecule has 12 heavy (non-hydrogen) atoms. The standard InChI is InChI=1S/C8H14N2O2/c9-7(11)4-6-10-5-2-1-3-8(10)12/h1-6H2,(H2,9,11). The van der Waals surface area contributed by atoms with E-state index in [1.165, 1.54) is 0 Å². The van der Waals surface area contributed by atoms with Crippen molar-refractivity contribution in [1.29, 1.82) is 0 Å². The van der Waals surface area contributed by atoms with Gasteiger partial charge in [0.1, 0.15) is 0 Å². The molecule has 0 spiro atoms. The summed E-state index contributed by atoms with van der Waals surface area (Å²) >= 11 is 0. The van der Waals surface area contributed by atoms with Crippen LogP contribution in [0.5, 0.6) is 0 Å². The van der Waals surface area contributed by atoms with Crippen LogP contribution in [0.15, 0.2) is 0 Å². The quantitative estimate of drug-likeness (QED) is 0.641. The van der Waals surface area contributed by atoms with Gasteiger partial charge in [-0.2, -0.15) is 0 Å². The highest BCUT2D eigenvalue weighted by Crippen LogP contribution is 2.10. The van der Waals surface area contributed by atoms with Gasteiger partial charge in [-0.25, -0.2) is 0 Å². The molecule has 0 bridgehead atoms. The minimum atomic E-state index is -0.339. The summed E-state index contributed by atoms with van der Waals surface area (Å²) in [6.07, 6.45) is 2.93. The molecule has 1 heterocycles. The first-order chi connectivity index (χ1) is 5.70. The van der Waals surface area contributed by atoms with Gasteiger partial charge in [0, 0.05) is 25.9 Å². The van der Waals surface area contributed by atoms with Crippen molar-refractivity contribution < 1.29 is 9.59 Å². The molecule has 0 atom stereocenters. The minimum Gasteiger partial charge on any atom is -0.370 e. The fraction of sp³-hybridized carbons (Fsp3) is 0.750. The average Bonchev–Trinajstić information content (AvgIpc) is 2.03. The van der Waals surface area contributed by atoms with E-state index < -0.39 is 0 Å². The van der Waals surface area contributed by atoms with E-state index in [1.54, 1.807) is 4.90 Å². The number of likely N-dealkylation sites (tertiary alicyclic amines) is 1. The second kappa shape index (κ2) is 4.09. The summed E-state index contributed by atoms with van der Waals surface area (Å²) in [6.45, 7) is 1.28. The van der Waals surface area contributed by atoms with Gasteiger partial charge in [0.25, 0.3) is 0 Å². The third kappa shape index (κ3) is 2.53. The van der Waals surface area contributed by atoms with Gasteiger partial charge in [-0.05, 0) is 12.8 Å². The minimum absolute atomic E-state index is 0.155. The number of piperidine rings is 1. The van der Waals surface area contributed by atoms with Crippen molar-refractivity contribution in [2.75, 3.05) is 13.1 Å². The molecular formula is C8H14N2O2. The van der Waals surface area contributed by atoms with E-state index in [0.717, 1.165) is 19.4 Å². The maximum atomic E-state index is 11.2. The Kier molecular flexibility index (Phi) is 3.08. The number of carbonyl (C=O) groups is 2. The van der Waals surface area contributed by atoms with Crippen LogP contribution in [-0.4, -0.2) is 29.8 Å². The van der Waals surface area contributed by atoms with Crippen molar-refractivity contribution in [3.05, 3.63) is 0 Å². The first-order valence-corrected chi connectivity index (χ1v) is 4.26. The molecule has 1 fully saturated rings. The zero-order valence-corrected chi connectivity index (χ0v) is 7.08. The average molecular weight is 170 g/mol. The summed E-state index contributed by atoms with van der Waals surface area (Å²) in [6, 6.07) is 0. The summed E-state index contributed by atoms with van der Waals surface area (Å²) < 4.78 is 0. The van der Waals surface area contributed by atoms with E-state index in [-0.39, 0.29) is 18.2 Å². The van der Waals surface area contributed by atoms with Crippen LogP contribution in [-0.2, 0) is 9.59 Å². The Balaban J connectivity index is 2.29. The topological polar surface area (TPSA) is 63.4 Å². The second-order valence-corrected chi connectivity index (χ2v) is 3.05. The molecule has 68 valence electrons. The molecule has 0 radical (unpaired) electrons. The zero-order chi connectivity index (χ0) is 8.97. The zero-order valence-electron chi connectivity index (χ0n) is 7.08. The number of nitrogens with two attached hydrogens (primary N) is 1.